The average Bonchev–Trinajstić information content (AvgIpc) is 3.30. The molecule has 1 aromatic carbocycles. The van der Waals surface area contributed by atoms with Crippen LogP contribution in [0.5, 0.6) is 0 Å². The number of ether oxygens (including phenoxy) is 1. The second-order valence-electron chi connectivity index (χ2n) is 12.1. The smallest absolute Gasteiger partial charge is 0.700 e. The van der Waals surface area contributed by atoms with Crippen LogP contribution < -0.4 is 51.4 Å². The van der Waals surface area contributed by atoms with Crippen molar-refractivity contribution in [1.29, 1.82) is 0 Å². The standard InChI is InChI=1S/C11H8O3.HIS69.K/c1-14-10-6-9(12)7-4-2-3-5-8(7)11(10)13;1-49(4,5)51(8,9)53(12,13)55(16,17)57(20,21)59(24,25)61(28,29)63(32,33)65(36,37)67(40,41)69(44,45)70(46,47)68(42,43)66(38,39)64(34,35)62(30,31)60(26,27)58(22,23)56(18,19)54(14,15)52(10,11)50(6,7)48(2)3;/h2-6H,1H3;(H,2,3);/q;;+1/p-1. The second kappa shape index (κ2) is 34.8. The van der Waals surface area contributed by atoms with Crippen LogP contribution in [0, 0.1) is 0 Å². The van der Waals surface area contributed by atoms with E-state index in [1.165, 1.54) is 13.2 Å². The van der Waals surface area contributed by atoms with Crippen LogP contribution in [-0.4, -0.2) is 18.7 Å². The third-order valence-electron chi connectivity index (χ3n) is 7.55. The molecule has 0 heterocycles. The maximum atomic E-state index is 11.6. The third-order valence-corrected chi connectivity index (χ3v) is 448. The fourth-order valence-electron chi connectivity index (χ4n) is 3.55. The molecular weight excluding hydrogens is 2560 g/mol. The van der Waals surface area contributed by atoms with E-state index in [0.29, 0.717) is 11.1 Å². The molecule has 0 spiro atoms. The molecule has 492 valence electrons. The van der Waals surface area contributed by atoms with Crippen LogP contribution in [0.3, 0.4) is 0 Å². The van der Waals surface area contributed by atoms with Gasteiger partial charge in [0.1, 0.15) is 0 Å². The summed E-state index contributed by atoms with van der Waals surface area (Å²) in [6, 6.07) is 6.72. The SMILES string of the molecule is COC1=CC(=O)c2ccccc2C1=O.S=S([S-])S(=S)(=S)S(=S)(=S)S(=S)(=S)S(=S)(=S)S(=S)(=S)S(=S)(=S)S(=S)(=S)S(=S)(=S)S(=S)(=S)S(=S)(=S)S(=S)(=S)S(=S)(=S)S(=S)(=S)S(=S)(=S)S(=S)(=S)S(=S)(=S)S(=S)(=S)S(=S)(=S)S(=S)(=S)S(=S)(=S)S(=S)(=S)S(=S)(=S)I.[K+]. The summed E-state index contributed by atoms with van der Waals surface area (Å²) in [4.78, 5) is 23.1. The summed E-state index contributed by atoms with van der Waals surface area (Å²) in [5.41, 5.74) is 0.857. The van der Waals surface area contributed by atoms with Gasteiger partial charge in [0.2, 0.25) is 5.78 Å². The maximum absolute atomic E-state index is 11.6. The predicted molar refractivity (Wildman–Crippen MR) is 572 cm³/mol. The van der Waals surface area contributed by atoms with Gasteiger partial charge >= 0.3 is 51.4 Å². The van der Waals surface area contributed by atoms with Crippen molar-refractivity contribution >= 4 is 668 Å². The predicted octanol–water partition coefficient (Wildman–Crippen LogP) is -0.680. The topological polar surface area (TPSA) is 43.4 Å². The zero-order valence-electron chi connectivity index (χ0n) is 37.2. The van der Waals surface area contributed by atoms with Crippen LogP contribution in [0.25, 0.3) is 0 Å². The molecule has 0 saturated carbocycles. The molecule has 0 bridgehead atoms. The number of Topliss-reactive ketones (excluding diaryl/α,β-unsaturated/α-hetero) is 1. The van der Waals surface area contributed by atoms with Crippen molar-refractivity contribution in [2.45, 2.75) is 0 Å². The molecular formula is C11H8IKO3S69. The Balaban J connectivity index is 0.00000404. The number of carbonyl (C=O) groups is 2. The number of rotatable bonds is 23. The molecule has 1 aromatic rings. The van der Waals surface area contributed by atoms with Gasteiger partial charge in [0, 0.05) is 151 Å². The number of methoxy groups -OCH3 is 1. The number of hydrogen-bond donors (Lipinski definition) is 0. The van der Waals surface area contributed by atoms with E-state index in [1.54, 1.807) is 45.5 Å². The summed E-state index contributed by atoms with van der Waals surface area (Å²) in [5, 5.41) is -78.7. The van der Waals surface area contributed by atoms with Gasteiger partial charge in [-0.25, -0.2) is 0 Å². The number of allylic oxidation sites excluding steroid dienone is 2. The van der Waals surface area contributed by atoms with E-state index in [1.807, 2.05) is 0 Å². The summed E-state index contributed by atoms with van der Waals surface area (Å²) in [6.45, 7) is 0. The Labute approximate surface area is 765 Å². The minimum absolute atomic E-state index is 0. The molecule has 1 aliphatic carbocycles. The minimum atomic E-state index is -4.00. The van der Waals surface area contributed by atoms with Gasteiger partial charge in [-0.2, -0.15) is 7.52 Å². The molecule has 0 saturated heterocycles. The van der Waals surface area contributed by atoms with E-state index in [2.05, 4.69) is 0 Å². The zero-order valence-corrected chi connectivity index (χ0v) is 98.8. The first-order chi connectivity index (χ1) is 35.9. The van der Waals surface area contributed by atoms with Crippen LogP contribution in [0.1, 0.15) is 20.7 Å². The Morgan fingerprint density at radius 1 is 0.341 bits per heavy atom. The molecule has 0 aliphatic heterocycles. The number of carbonyl (C=O) groups excluding carboxylic acids is 2. The Morgan fingerprint density at radius 2 is 0.518 bits per heavy atom. The van der Waals surface area contributed by atoms with Crippen LogP contribution in [-0.2, 0) is 640 Å². The number of hydrogen-bond acceptors (Lipinski definition) is 49. The van der Waals surface area contributed by atoms with Gasteiger partial charge in [-0.1, -0.05) is 35.5 Å². The maximum Gasteiger partial charge on any atom is 1.00 e. The molecule has 0 fully saturated rings. The molecule has 1 aliphatic rings. The molecule has 1 unspecified atom stereocenters. The Kier molecular flexibility index (Phi) is 42.5. The summed E-state index contributed by atoms with van der Waals surface area (Å²) in [7, 11) is -0.169. The van der Waals surface area contributed by atoms with Gasteiger partial charge in [-0.3, -0.25) is 9.59 Å². The number of ketones is 2. The van der Waals surface area contributed by atoms with Gasteiger partial charge in [-0.05, 0) is 492 Å². The van der Waals surface area contributed by atoms with Crippen molar-refractivity contribution in [1.82, 2.24) is 0 Å². The summed E-state index contributed by atoms with van der Waals surface area (Å²) in [6.07, 6.45) is 1.23. The molecule has 85 heavy (non-hydrogen) atoms. The van der Waals surface area contributed by atoms with Crippen LogP contribution in [0.4, 0.5) is 0 Å². The Bertz CT molecular complexity index is 5960. The monoisotopic (exact) mass is 2560 g/mol. The molecule has 3 nitrogen and oxygen atoms in total. The van der Waals surface area contributed by atoms with Crippen molar-refractivity contribution in [2.24, 2.45) is 0 Å². The molecule has 74 heteroatoms. The first kappa shape index (κ1) is 104. The van der Waals surface area contributed by atoms with Crippen molar-refractivity contribution in [3.8, 4) is 0 Å². The van der Waals surface area contributed by atoms with Gasteiger partial charge in [0.15, 0.2) is 11.5 Å². The van der Waals surface area contributed by atoms with E-state index in [-0.39, 0.29) is 68.7 Å². The fraction of sp³-hybridized carbons (Fsp3) is 0.0909. The largest absolute Gasteiger partial charge is 1.00 e. The summed E-state index contributed by atoms with van der Waals surface area (Å²) >= 11 is 275. The van der Waals surface area contributed by atoms with Gasteiger partial charge in [0.05, 0.1) is 7.11 Å². The van der Waals surface area contributed by atoms with Crippen molar-refractivity contribution in [3.63, 3.8) is 0 Å². The van der Waals surface area contributed by atoms with Gasteiger partial charge < -0.3 is 16.4 Å². The molecule has 1 atom stereocenters. The Hall–Kier alpha value is 18.8. The van der Waals surface area contributed by atoms with Crippen molar-refractivity contribution < 1.29 is 65.7 Å². The fourth-order valence-corrected chi connectivity index (χ4v) is 523. The molecule has 0 radical (unpaired) electrons. The normalized spacial score (nSPS) is 16.6. The van der Waals surface area contributed by atoms with Crippen molar-refractivity contribution in [2.75, 3.05) is 7.11 Å². The molecule has 0 aromatic heterocycles. The first-order valence-electron chi connectivity index (χ1n) is 15.7. The second-order valence-corrected chi connectivity index (χ2v) is 257. The Morgan fingerprint density at radius 3 is 0.694 bits per heavy atom. The molecule has 0 N–H and O–H groups in total. The first-order valence-corrected chi connectivity index (χ1v) is 109. The number of benzene rings is 1. The summed E-state index contributed by atoms with van der Waals surface area (Å²) in [5.74, 6) is -0.312. The van der Waals surface area contributed by atoms with Crippen LogP contribution in [0.15, 0.2) is 36.1 Å². The van der Waals surface area contributed by atoms with E-state index < -0.39 is 120 Å². The number of fused-ring (bicyclic) bond motifs is 1. The van der Waals surface area contributed by atoms with Gasteiger partial charge in [0.25, 0.3) is 0 Å². The van der Waals surface area contributed by atoms with E-state index in [0.717, 1.165) is 0 Å². The quantitative estimate of drug-likeness (QED) is 0.0458. The third kappa shape index (κ3) is 17.7. The van der Waals surface area contributed by atoms with Gasteiger partial charge in [-0.15, -0.1) is 0 Å². The van der Waals surface area contributed by atoms with E-state index in [4.69, 9.17) is 520 Å². The minimum Gasteiger partial charge on any atom is -0.700 e. The zero-order chi connectivity index (χ0) is 68.7. The molecule has 0 amide bonds. The van der Waals surface area contributed by atoms with Crippen LogP contribution >= 0.6 is 21.2 Å². The average molecular weight is 2570 g/mol. The van der Waals surface area contributed by atoms with Crippen molar-refractivity contribution in [3.05, 3.63) is 47.2 Å². The summed E-state index contributed by atoms with van der Waals surface area (Å²) < 4.78 is 2.11. The molecule has 2 rings (SSSR count). The number of halogens is 1. The van der Waals surface area contributed by atoms with Crippen LogP contribution in [0.2, 0.25) is 0 Å². The van der Waals surface area contributed by atoms with E-state index >= 15 is 0 Å². The van der Waals surface area contributed by atoms with E-state index in [9.17, 15) is 9.59 Å².